The minimum Gasteiger partial charge on any atom is -0.393 e. The van der Waals surface area contributed by atoms with Gasteiger partial charge in [-0.1, -0.05) is 54.6 Å². The number of carbonyl (C=O) groups excluding carboxylic acids is 4. The first kappa shape index (κ1) is 38.8. The number of rotatable bonds is 14. The fourth-order valence-electron chi connectivity index (χ4n) is 6.51. The van der Waals surface area contributed by atoms with Gasteiger partial charge in [-0.25, -0.2) is 14.5 Å². The molecule has 2 aromatic heterocycles. The van der Waals surface area contributed by atoms with Crippen LogP contribution in [0.2, 0.25) is 0 Å². The molecule has 0 saturated carbocycles. The van der Waals surface area contributed by atoms with Crippen molar-refractivity contribution in [3.8, 4) is 11.8 Å². The van der Waals surface area contributed by atoms with E-state index in [2.05, 4.69) is 20.6 Å². The number of primary amides is 1. The molecular weight excluding hydrogens is 733 g/mol. The van der Waals surface area contributed by atoms with E-state index in [1.165, 1.54) is 71.9 Å². The molecule has 3 atom stereocenters. The summed E-state index contributed by atoms with van der Waals surface area (Å²) in [5, 5.41) is 5.66. The summed E-state index contributed by atoms with van der Waals surface area (Å²) in [5.74, 6) is -2.58. The lowest BCUT2D eigenvalue weighted by Crippen LogP contribution is -2.55. The number of nitrogens with zero attached hydrogens (tertiary/aromatic N) is 3. The number of amides is 4. The summed E-state index contributed by atoms with van der Waals surface area (Å²) in [7, 11) is -5.35. The SMILES string of the molecule is C/C(=C\C(=O)N[C@H]1CCc2cccc3c2N(C1=O)[C@H](C(=O)N[C@H](C)CCC(N)=O)C3)c1ccc(C(F)(F)P(=O)(Oc2ccccn2)Oc2ccccn2)cc1. The smallest absolute Gasteiger partial charge is 0.393 e. The van der Waals surface area contributed by atoms with Crippen molar-refractivity contribution in [3.05, 3.63) is 120 Å². The fourth-order valence-corrected chi connectivity index (χ4v) is 7.95. The van der Waals surface area contributed by atoms with Crippen LogP contribution in [0, 0.1) is 0 Å². The number of halogens is 2. The van der Waals surface area contributed by atoms with E-state index in [1.54, 1.807) is 13.8 Å². The minimum absolute atomic E-state index is 0.0993. The van der Waals surface area contributed by atoms with Gasteiger partial charge in [0.05, 0.1) is 5.69 Å². The number of nitrogens with two attached hydrogens (primary N) is 1. The highest BCUT2D eigenvalue weighted by molar-refractivity contribution is 7.55. The molecule has 0 fully saturated rings. The second kappa shape index (κ2) is 16.2. The summed E-state index contributed by atoms with van der Waals surface area (Å²) >= 11 is 0. The topological polar surface area (TPSA) is 183 Å². The van der Waals surface area contributed by atoms with Crippen molar-refractivity contribution in [1.29, 1.82) is 0 Å². The van der Waals surface area contributed by atoms with Crippen LogP contribution >= 0.6 is 7.60 Å². The van der Waals surface area contributed by atoms with Gasteiger partial charge in [-0.15, -0.1) is 0 Å². The average molecular weight is 773 g/mol. The maximum atomic E-state index is 16.1. The Morgan fingerprint density at radius 3 is 2.22 bits per heavy atom. The molecule has 0 aliphatic carbocycles. The summed E-state index contributed by atoms with van der Waals surface area (Å²) in [4.78, 5) is 61.3. The van der Waals surface area contributed by atoms with Crippen LogP contribution < -0.4 is 30.3 Å². The third-order valence-electron chi connectivity index (χ3n) is 9.32. The number of nitrogens with one attached hydrogen (secondary N) is 2. The first-order valence-corrected chi connectivity index (χ1v) is 19.1. The van der Waals surface area contributed by atoms with Crippen molar-refractivity contribution in [2.45, 2.75) is 69.7 Å². The van der Waals surface area contributed by atoms with Crippen LogP contribution in [-0.4, -0.2) is 51.7 Å². The highest BCUT2D eigenvalue weighted by atomic mass is 31.2. The van der Waals surface area contributed by atoms with E-state index in [9.17, 15) is 23.7 Å². The van der Waals surface area contributed by atoms with Gasteiger partial charge in [-0.05, 0) is 67.5 Å². The van der Waals surface area contributed by atoms with Gasteiger partial charge in [-0.2, -0.15) is 8.78 Å². The van der Waals surface area contributed by atoms with Crippen molar-refractivity contribution in [2.24, 2.45) is 5.73 Å². The number of allylic oxidation sites excluding steroid dienone is 1. The van der Waals surface area contributed by atoms with E-state index in [0.29, 0.717) is 29.7 Å². The average Bonchev–Trinajstić information content (AvgIpc) is 3.50. The highest BCUT2D eigenvalue weighted by Gasteiger charge is 2.58. The molecule has 4 N–H and O–H groups in total. The summed E-state index contributed by atoms with van der Waals surface area (Å²) in [6.07, 6.45) is 5.31. The molecule has 2 aromatic carbocycles. The Kier molecular flexibility index (Phi) is 11.4. The quantitative estimate of drug-likeness (QED) is 0.111. The lowest BCUT2D eigenvalue weighted by Gasteiger charge is -2.28. The molecule has 0 bridgehead atoms. The standard InChI is InChI=1S/C39H39F2N6O7P/c1-24(26-13-16-29(17-14-26)39(40,41)55(52,53-34-10-3-5-20-43-34)54-35-11-4-6-21-44-35)22-33(49)46-30-18-15-27-8-7-9-28-23-31(47(36(27)28)38(30)51)37(50)45-25(2)12-19-32(42)48/h3-11,13-14,16-17,20-22,25,30-31H,12,15,18-19,23H2,1-2H3,(H2,42,48)(H,45,50)(H,46,49)/b24-22+/t25-,30+,31+/m1/s1. The molecule has 2 aliphatic heterocycles. The van der Waals surface area contributed by atoms with Crippen LogP contribution in [0.1, 0.15) is 55.4 Å². The number of alkyl halides is 2. The third-order valence-corrected chi connectivity index (χ3v) is 11.1. The molecule has 55 heavy (non-hydrogen) atoms. The van der Waals surface area contributed by atoms with Gasteiger partial charge in [-0.3, -0.25) is 24.1 Å². The summed E-state index contributed by atoms with van der Waals surface area (Å²) in [6.45, 7) is 3.35. The van der Waals surface area contributed by atoms with E-state index in [-0.39, 0.29) is 43.0 Å². The molecular formula is C39H39F2N6O7P. The lowest BCUT2D eigenvalue weighted by atomic mass is 10.0. The number of benzene rings is 2. The summed E-state index contributed by atoms with van der Waals surface area (Å²) in [6, 6.07) is 16.8. The number of hydrogen-bond donors (Lipinski definition) is 3. The maximum absolute atomic E-state index is 16.1. The molecule has 4 heterocycles. The lowest BCUT2D eigenvalue weighted by molar-refractivity contribution is -0.128. The van der Waals surface area contributed by atoms with Gasteiger partial charge in [0.25, 0.3) is 0 Å². The normalized spacial score (nSPS) is 17.4. The zero-order chi connectivity index (χ0) is 39.3. The monoisotopic (exact) mass is 772 g/mol. The van der Waals surface area contributed by atoms with Gasteiger partial charge >= 0.3 is 13.3 Å². The van der Waals surface area contributed by atoms with Crippen LogP contribution in [0.4, 0.5) is 14.5 Å². The number of hydrogen-bond acceptors (Lipinski definition) is 9. The molecule has 2 aliphatic rings. The Bertz CT molecular complexity index is 2110. The Balaban J connectivity index is 1.17. The molecule has 0 radical (unpaired) electrons. The second-order valence-electron chi connectivity index (χ2n) is 13.3. The van der Waals surface area contributed by atoms with E-state index in [0.717, 1.165) is 23.3 Å². The number of aryl methyl sites for hydroxylation is 1. The number of pyridine rings is 2. The van der Waals surface area contributed by atoms with Crippen LogP contribution in [0.3, 0.4) is 0 Å². The number of para-hydroxylation sites is 1. The zero-order valence-electron chi connectivity index (χ0n) is 30.0. The maximum Gasteiger partial charge on any atom is 0.507 e. The molecule has 286 valence electrons. The van der Waals surface area contributed by atoms with E-state index >= 15 is 8.78 Å². The Labute approximate surface area is 315 Å². The first-order chi connectivity index (χ1) is 26.3. The predicted molar refractivity (Wildman–Crippen MR) is 199 cm³/mol. The Hall–Kier alpha value is -5.95. The highest BCUT2D eigenvalue weighted by Crippen LogP contribution is 2.65. The zero-order valence-corrected chi connectivity index (χ0v) is 30.9. The van der Waals surface area contributed by atoms with Crippen LogP contribution in [0.5, 0.6) is 11.8 Å². The summed E-state index contributed by atoms with van der Waals surface area (Å²) < 4.78 is 56.5. The molecule has 0 unspecified atom stereocenters. The molecule has 6 rings (SSSR count). The van der Waals surface area contributed by atoms with Crippen LogP contribution in [-0.2, 0) is 42.2 Å². The van der Waals surface area contributed by atoms with Gasteiger partial charge in [0, 0.05) is 55.0 Å². The van der Waals surface area contributed by atoms with Crippen molar-refractivity contribution in [3.63, 3.8) is 0 Å². The van der Waals surface area contributed by atoms with E-state index in [1.807, 2.05) is 18.2 Å². The number of anilines is 1. The third kappa shape index (κ3) is 8.57. The first-order valence-electron chi connectivity index (χ1n) is 17.6. The molecule has 13 nitrogen and oxygen atoms in total. The molecule has 4 amide bonds. The Morgan fingerprint density at radius 2 is 1.62 bits per heavy atom. The van der Waals surface area contributed by atoms with Crippen molar-refractivity contribution in [2.75, 3.05) is 4.90 Å². The fraction of sp³-hybridized carbons (Fsp3) is 0.282. The number of aromatic nitrogens is 2. The van der Waals surface area contributed by atoms with Crippen molar-refractivity contribution in [1.82, 2.24) is 20.6 Å². The van der Waals surface area contributed by atoms with Crippen LogP contribution in [0.15, 0.2) is 97.3 Å². The molecule has 16 heteroatoms. The minimum atomic E-state index is -5.35. The van der Waals surface area contributed by atoms with Crippen LogP contribution in [0.25, 0.3) is 5.57 Å². The largest absolute Gasteiger partial charge is 0.507 e. The van der Waals surface area contributed by atoms with Gasteiger partial charge in [0.15, 0.2) is 0 Å². The number of carbonyl (C=O) groups is 4. The van der Waals surface area contributed by atoms with E-state index in [4.69, 9.17) is 14.8 Å². The van der Waals surface area contributed by atoms with Crippen molar-refractivity contribution >= 4 is 42.5 Å². The van der Waals surface area contributed by atoms with Gasteiger partial charge < -0.3 is 25.4 Å². The molecule has 0 saturated heterocycles. The molecule has 4 aromatic rings. The predicted octanol–water partition coefficient (Wildman–Crippen LogP) is 5.44. The van der Waals surface area contributed by atoms with Gasteiger partial charge in [0.1, 0.15) is 12.1 Å². The van der Waals surface area contributed by atoms with E-state index < -0.39 is 48.6 Å². The van der Waals surface area contributed by atoms with Gasteiger partial charge in [0.2, 0.25) is 35.4 Å². The summed E-state index contributed by atoms with van der Waals surface area (Å²) in [5.41, 5.74) is 3.58. The molecule has 0 spiro atoms. The second-order valence-corrected chi connectivity index (χ2v) is 15.3. The van der Waals surface area contributed by atoms with Crippen molar-refractivity contribution < 1.29 is 41.6 Å². The Morgan fingerprint density at radius 1 is 0.982 bits per heavy atom.